The molecule has 3 rings (SSSR count). The van der Waals surface area contributed by atoms with Crippen LogP contribution in [0.15, 0.2) is 42.5 Å². The van der Waals surface area contributed by atoms with Gasteiger partial charge in [-0.05, 0) is 43.5 Å². The monoisotopic (exact) mass is 476 g/mol. The van der Waals surface area contributed by atoms with Crippen molar-refractivity contribution in [2.24, 2.45) is 0 Å². The van der Waals surface area contributed by atoms with E-state index >= 15 is 0 Å². The minimum atomic E-state index is -0.237. The highest BCUT2D eigenvalue weighted by Crippen LogP contribution is 2.34. The quantitative estimate of drug-likeness (QED) is 0.505. The zero-order valence-corrected chi connectivity index (χ0v) is 17.9. The van der Waals surface area contributed by atoms with Crippen LogP contribution in [0.25, 0.3) is 0 Å². The van der Waals surface area contributed by atoms with E-state index in [1.807, 2.05) is 74.1 Å². The first-order valence-corrected chi connectivity index (χ1v) is 9.78. The summed E-state index contributed by atoms with van der Waals surface area (Å²) >= 11 is 8.09. The molecule has 0 saturated carbocycles. The third-order valence-electron chi connectivity index (χ3n) is 3.55. The molecule has 1 saturated heterocycles. The summed E-state index contributed by atoms with van der Waals surface area (Å²) in [4.78, 5) is 0. The molecule has 0 bridgehead atoms. The minimum Gasteiger partial charge on any atom is -0.508 e. The molecule has 1 aliphatic rings. The summed E-state index contributed by atoms with van der Waals surface area (Å²) in [6, 6.07) is 12.8. The van der Waals surface area contributed by atoms with E-state index in [4.69, 9.17) is 19.4 Å². The van der Waals surface area contributed by atoms with Gasteiger partial charge in [0.25, 0.3) is 0 Å². The topological polar surface area (TPSA) is 38.7 Å². The van der Waals surface area contributed by atoms with Gasteiger partial charge >= 0.3 is 0 Å². The number of aromatic hydroxyl groups is 1. The van der Waals surface area contributed by atoms with Crippen LogP contribution in [0, 0.1) is 6.92 Å². The summed E-state index contributed by atoms with van der Waals surface area (Å²) < 4.78 is 10.4. The molecule has 138 valence electrons. The predicted molar refractivity (Wildman–Crippen MR) is 113 cm³/mol. The number of halogens is 2. The van der Waals surface area contributed by atoms with Crippen molar-refractivity contribution in [1.82, 2.24) is 0 Å². The van der Waals surface area contributed by atoms with Gasteiger partial charge < -0.3 is 12.9 Å². The maximum atomic E-state index is 9.31. The van der Waals surface area contributed by atoms with Gasteiger partial charge in [-0.15, -0.1) is 0 Å². The normalized spacial score (nSPS) is 14.0. The number of phenols is 1. The second-order valence-electron chi connectivity index (χ2n) is 5.41. The van der Waals surface area contributed by atoms with Gasteiger partial charge in [0, 0.05) is 23.8 Å². The maximum Gasteiger partial charge on any atom is 0.122 e. The molecule has 25 heavy (non-hydrogen) atoms. The average molecular weight is 477 g/mol. The number of hydrogen-bond donors (Lipinski definition) is 1. The summed E-state index contributed by atoms with van der Waals surface area (Å²) in [5.41, 5.74) is 3.01. The standard InChI is InChI=1S/C14H12ClIO2.C4H8O.C2H6/c1-9-2-7-13(15)12(8-9)14(18-16)10-3-5-11(17)6-4-10;1-2-4-5-3-1;1-2/h2-8,14,17H,1H3;1-4H2;1-2H3. The molecule has 1 unspecified atom stereocenters. The van der Waals surface area contributed by atoms with Crippen molar-refractivity contribution >= 4 is 34.6 Å². The molecule has 1 fully saturated rings. The van der Waals surface area contributed by atoms with Crippen molar-refractivity contribution in [1.29, 1.82) is 0 Å². The van der Waals surface area contributed by atoms with Gasteiger partial charge in [-0.25, -0.2) is 0 Å². The van der Waals surface area contributed by atoms with Crippen LogP contribution in [0.4, 0.5) is 0 Å². The van der Waals surface area contributed by atoms with Gasteiger partial charge in [0.15, 0.2) is 0 Å². The molecule has 5 heteroatoms. The Labute approximate surface area is 170 Å². The Morgan fingerprint density at radius 3 is 2.16 bits per heavy atom. The summed E-state index contributed by atoms with van der Waals surface area (Å²) in [5.74, 6) is 0.237. The number of phenolic OH excluding ortho intramolecular Hbond substituents is 1. The van der Waals surface area contributed by atoms with E-state index in [0.717, 1.165) is 29.9 Å². The lowest BCUT2D eigenvalue weighted by Gasteiger charge is -2.17. The molecule has 0 amide bonds. The zero-order chi connectivity index (χ0) is 18.7. The van der Waals surface area contributed by atoms with Gasteiger partial charge in [0.05, 0.1) is 0 Å². The summed E-state index contributed by atoms with van der Waals surface area (Å²) in [5, 5.41) is 9.99. The lowest BCUT2D eigenvalue weighted by Crippen LogP contribution is -2.01. The van der Waals surface area contributed by atoms with Crippen molar-refractivity contribution < 1.29 is 12.9 Å². The molecule has 0 aromatic heterocycles. The van der Waals surface area contributed by atoms with Crippen LogP contribution in [-0.2, 0) is 7.80 Å². The largest absolute Gasteiger partial charge is 0.508 e. The predicted octanol–water partition coefficient (Wildman–Crippen LogP) is 6.63. The fourth-order valence-electron chi connectivity index (χ4n) is 2.30. The van der Waals surface area contributed by atoms with Crippen LogP contribution in [0.5, 0.6) is 5.75 Å². The van der Waals surface area contributed by atoms with Crippen molar-refractivity contribution in [3.05, 3.63) is 64.2 Å². The molecule has 1 heterocycles. The smallest absolute Gasteiger partial charge is 0.122 e. The van der Waals surface area contributed by atoms with Crippen LogP contribution >= 0.6 is 34.6 Å². The van der Waals surface area contributed by atoms with Gasteiger partial charge in [-0.1, -0.05) is 55.3 Å². The molecular weight excluding hydrogens is 451 g/mol. The molecular formula is C20H26ClIO3. The zero-order valence-electron chi connectivity index (χ0n) is 15.0. The second-order valence-corrected chi connectivity index (χ2v) is 6.32. The number of benzene rings is 2. The average Bonchev–Trinajstić information content (AvgIpc) is 3.22. The summed E-state index contributed by atoms with van der Waals surface area (Å²) in [6.45, 7) is 8.01. The second kappa shape index (κ2) is 12.5. The Kier molecular flexibility index (Phi) is 11.1. The molecule has 2 aromatic rings. The van der Waals surface area contributed by atoms with Gasteiger partial charge in [-0.3, -0.25) is 0 Å². The third-order valence-corrected chi connectivity index (χ3v) is 4.40. The third kappa shape index (κ3) is 7.52. The molecule has 1 N–H and O–H groups in total. The maximum absolute atomic E-state index is 9.31. The lowest BCUT2D eigenvalue weighted by atomic mass is 10.00. The Morgan fingerprint density at radius 1 is 1.08 bits per heavy atom. The van der Waals surface area contributed by atoms with Gasteiger partial charge in [0.1, 0.15) is 34.9 Å². The summed E-state index contributed by atoms with van der Waals surface area (Å²) in [7, 11) is 0. The van der Waals surface area contributed by atoms with Crippen molar-refractivity contribution in [2.45, 2.75) is 39.7 Å². The van der Waals surface area contributed by atoms with Crippen LogP contribution in [-0.4, -0.2) is 18.3 Å². The van der Waals surface area contributed by atoms with Gasteiger partial charge in [0.2, 0.25) is 0 Å². The Bertz CT molecular complexity index is 605. The number of rotatable bonds is 3. The first-order chi connectivity index (χ1) is 12.1. The minimum absolute atomic E-state index is 0.237. The van der Waals surface area contributed by atoms with E-state index in [1.165, 1.54) is 12.8 Å². The van der Waals surface area contributed by atoms with Crippen molar-refractivity contribution in [2.75, 3.05) is 13.2 Å². The molecule has 0 spiro atoms. The highest BCUT2D eigenvalue weighted by molar-refractivity contribution is 14.1. The number of hydrogen-bond acceptors (Lipinski definition) is 3. The molecule has 3 nitrogen and oxygen atoms in total. The Hall–Kier alpha value is -0.820. The highest BCUT2D eigenvalue weighted by Gasteiger charge is 2.17. The van der Waals surface area contributed by atoms with E-state index in [0.29, 0.717) is 5.02 Å². The fourth-order valence-corrected chi connectivity index (χ4v) is 3.09. The first kappa shape index (κ1) is 22.2. The van der Waals surface area contributed by atoms with E-state index in [9.17, 15) is 5.11 Å². The Balaban J connectivity index is 0.000000376. The Morgan fingerprint density at radius 2 is 1.68 bits per heavy atom. The molecule has 2 aromatic carbocycles. The van der Waals surface area contributed by atoms with Crippen LogP contribution in [0.3, 0.4) is 0 Å². The van der Waals surface area contributed by atoms with E-state index < -0.39 is 0 Å². The molecule has 0 radical (unpaired) electrons. The fraction of sp³-hybridized carbons (Fsp3) is 0.400. The SMILES string of the molecule is C1CCOC1.CC.Cc1ccc(Cl)c(C(OI)c2ccc(O)cc2)c1. The van der Waals surface area contributed by atoms with E-state index in [-0.39, 0.29) is 11.9 Å². The van der Waals surface area contributed by atoms with E-state index in [1.54, 1.807) is 12.1 Å². The highest BCUT2D eigenvalue weighted by atomic mass is 127. The molecule has 0 aliphatic carbocycles. The number of ether oxygens (including phenoxy) is 1. The van der Waals surface area contributed by atoms with Crippen molar-refractivity contribution in [3.63, 3.8) is 0 Å². The van der Waals surface area contributed by atoms with Crippen LogP contribution in [0.1, 0.15) is 49.5 Å². The molecule has 1 atom stereocenters. The lowest BCUT2D eigenvalue weighted by molar-refractivity contribution is 0.198. The number of aryl methyl sites for hydroxylation is 1. The van der Waals surface area contributed by atoms with Gasteiger partial charge in [-0.2, -0.15) is 0 Å². The first-order valence-electron chi connectivity index (χ1n) is 8.52. The van der Waals surface area contributed by atoms with Crippen LogP contribution < -0.4 is 0 Å². The van der Waals surface area contributed by atoms with E-state index in [2.05, 4.69) is 0 Å². The molecule has 1 aliphatic heterocycles. The van der Waals surface area contributed by atoms with Crippen molar-refractivity contribution in [3.8, 4) is 5.75 Å². The summed E-state index contributed by atoms with van der Waals surface area (Å²) in [6.07, 6.45) is 2.32. The van der Waals surface area contributed by atoms with Crippen LogP contribution in [0.2, 0.25) is 5.02 Å².